The highest BCUT2D eigenvalue weighted by Crippen LogP contribution is 2.29. The van der Waals surface area contributed by atoms with E-state index in [1.54, 1.807) is 25.1 Å². The van der Waals surface area contributed by atoms with Gasteiger partial charge in [-0.2, -0.15) is 0 Å². The summed E-state index contributed by atoms with van der Waals surface area (Å²) < 4.78 is 10.7. The van der Waals surface area contributed by atoms with Crippen LogP contribution in [0.15, 0.2) is 18.2 Å². The molecule has 1 aromatic rings. The Morgan fingerprint density at radius 2 is 1.95 bits per heavy atom. The maximum absolute atomic E-state index is 11.8. The van der Waals surface area contributed by atoms with Crippen LogP contribution in [0.2, 0.25) is 0 Å². The molecule has 2 atom stereocenters. The summed E-state index contributed by atoms with van der Waals surface area (Å²) in [4.78, 5) is 22.9. The number of ether oxygens (including phenoxy) is 2. The Morgan fingerprint density at radius 1 is 1.29 bits per heavy atom. The van der Waals surface area contributed by atoms with E-state index in [1.165, 1.54) is 14.2 Å². The Morgan fingerprint density at radius 3 is 2.48 bits per heavy atom. The number of hydrogen-bond acceptors (Lipinski definition) is 5. The van der Waals surface area contributed by atoms with Crippen molar-refractivity contribution < 1.29 is 19.1 Å². The molecule has 0 aromatic heterocycles. The largest absolute Gasteiger partial charge is 0.497 e. The second-order valence-electron chi connectivity index (χ2n) is 4.52. The number of benzene rings is 1. The number of carbonyl (C=O) groups excluding carboxylic acids is 2. The summed E-state index contributed by atoms with van der Waals surface area (Å²) in [6, 6.07) is 4.35. The van der Waals surface area contributed by atoms with E-state index >= 15 is 0 Å². The Kier molecular flexibility index (Phi) is 5.98. The highest BCUT2D eigenvalue weighted by molar-refractivity contribution is 5.96. The first kappa shape index (κ1) is 16.8. The molecule has 0 aliphatic carbocycles. The molecule has 0 bridgehead atoms. The normalized spacial score (nSPS) is 13.0. The van der Waals surface area contributed by atoms with Crippen molar-refractivity contribution in [3.63, 3.8) is 0 Å². The molecule has 4 N–H and O–H groups in total. The van der Waals surface area contributed by atoms with E-state index in [2.05, 4.69) is 10.6 Å². The van der Waals surface area contributed by atoms with Crippen LogP contribution in [0, 0.1) is 0 Å². The molecule has 7 heteroatoms. The van der Waals surface area contributed by atoms with Crippen LogP contribution in [0.3, 0.4) is 0 Å². The van der Waals surface area contributed by atoms with Gasteiger partial charge in [0.25, 0.3) is 5.91 Å². The second-order valence-corrected chi connectivity index (χ2v) is 4.52. The summed E-state index contributed by atoms with van der Waals surface area (Å²) in [5.41, 5.74) is 6.62. The molecule has 0 saturated carbocycles. The van der Waals surface area contributed by atoms with Crippen LogP contribution in [-0.4, -0.2) is 32.2 Å². The number of nitrogens with two attached hydrogens (primary N) is 1. The Bertz CT molecular complexity index is 517. The fourth-order valence-electron chi connectivity index (χ4n) is 1.64. The molecule has 2 unspecified atom stereocenters. The third kappa shape index (κ3) is 4.64. The van der Waals surface area contributed by atoms with Gasteiger partial charge in [-0.1, -0.05) is 6.07 Å². The summed E-state index contributed by atoms with van der Waals surface area (Å²) >= 11 is 0. The van der Waals surface area contributed by atoms with E-state index in [9.17, 15) is 9.59 Å². The summed E-state index contributed by atoms with van der Waals surface area (Å²) in [5.74, 6) is 0.491. The molecule has 0 radical (unpaired) electrons. The fraction of sp³-hybridized carbons (Fsp3) is 0.429. The van der Waals surface area contributed by atoms with Gasteiger partial charge in [0.05, 0.1) is 7.11 Å². The summed E-state index contributed by atoms with van der Waals surface area (Å²) in [7, 11) is 2.96. The fourth-order valence-corrected chi connectivity index (χ4v) is 1.64. The predicted octanol–water partition coefficient (Wildman–Crippen LogP) is 0.938. The lowest BCUT2D eigenvalue weighted by atomic mass is 10.1. The number of amides is 3. The summed E-state index contributed by atoms with van der Waals surface area (Å²) in [6.07, 6.45) is -0.855. The van der Waals surface area contributed by atoms with Crippen molar-refractivity contribution in [1.29, 1.82) is 0 Å². The smallest absolute Gasteiger partial charge is 0.321 e. The molecule has 0 heterocycles. The Labute approximate surface area is 123 Å². The van der Waals surface area contributed by atoms with Crippen molar-refractivity contribution in [2.24, 2.45) is 5.73 Å². The second kappa shape index (κ2) is 7.49. The van der Waals surface area contributed by atoms with E-state index in [0.717, 1.165) is 5.56 Å². The van der Waals surface area contributed by atoms with Crippen LogP contribution < -0.4 is 25.8 Å². The average Bonchev–Trinajstić information content (AvgIpc) is 2.46. The van der Waals surface area contributed by atoms with Crippen molar-refractivity contribution in [1.82, 2.24) is 10.6 Å². The van der Waals surface area contributed by atoms with Gasteiger partial charge in [0.2, 0.25) is 0 Å². The van der Waals surface area contributed by atoms with Gasteiger partial charge in [-0.05, 0) is 19.9 Å². The first-order chi connectivity index (χ1) is 9.88. The number of nitrogens with one attached hydrogen (secondary N) is 2. The molecule has 1 rings (SSSR count). The number of imide groups is 1. The number of hydrogen-bond donors (Lipinski definition) is 3. The lowest BCUT2D eigenvalue weighted by Gasteiger charge is -2.19. The number of methoxy groups -OCH3 is 1. The molecule has 0 saturated heterocycles. The van der Waals surface area contributed by atoms with Crippen LogP contribution in [-0.2, 0) is 4.79 Å². The molecule has 0 aliphatic heterocycles. The van der Waals surface area contributed by atoms with Crippen molar-refractivity contribution in [3.8, 4) is 11.5 Å². The van der Waals surface area contributed by atoms with Gasteiger partial charge in [-0.15, -0.1) is 0 Å². The van der Waals surface area contributed by atoms with E-state index in [4.69, 9.17) is 15.2 Å². The highest BCUT2D eigenvalue weighted by Gasteiger charge is 2.19. The molecule has 21 heavy (non-hydrogen) atoms. The molecule has 3 amide bonds. The van der Waals surface area contributed by atoms with E-state index in [0.29, 0.717) is 11.5 Å². The minimum absolute atomic E-state index is 0.264. The molecule has 7 nitrogen and oxygen atoms in total. The molecule has 116 valence electrons. The van der Waals surface area contributed by atoms with Gasteiger partial charge >= 0.3 is 6.03 Å². The number of carbonyl (C=O) groups is 2. The van der Waals surface area contributed by atoms with Crippen LogP contribution in [0.25, 0.3) is 0 Å². The predicted molar refractivity (Wildman–Crippen MR) is 78.3 cm³/mol. The molecule has 0 spiro atoms. The lowest BCUT2D eigenvalue weighted by Crippen LogP contribution is -2.44. The third-order valence-electron chi connectivity index (χ3n) is 2.85. The van der Waals surface area contributed by atoms with Gasteiger partial charge < -0.3 is 20.5 Å². The number of rotatable bonds is 5. The van der Waals surface area contributed by atoms with Crippen LogP contribution in [0.1, 0.15) is 25.5 Å². The molecular weight excluding hydrogens is 274 g/mol. The Hall–Kier alpha value is -2.28. The van der Waals surface area contributed by atoms with Gasteiger partial charge in [0.1, 0.15) is 11.5 Å². The maximum Gasteiger partial charge on any atom is 0.321 e. The van der Waals surface area contributed by atoms with Gasteiger partial charge in [0.15, 0.2) is 6.10 Å². The van der Waals surface area contributed by atoms with Crippen LogP contribution >= 0.6 is 0 Å². The molecule has 0 aliphatic rings. The summed E-state index contributed by atoms with van der Waals surface area (Å²) in [5, 5.41) is 4.45. The van der Waals surface area contributed by atoms with E-state index < -0.39 is 18.0 Å². The average molecular weight is 295 g/mol. The summed E-state index contributed by atoms with van der Waals surface area (Å²) in [6.45, 7) is 3.35. The zero-order chi connectivity index (χ0) is 16.0. The molecule has 0 fully saturated rings. The van der Waals surface area contributed by atoms with Gasteiger partial charge in [-0.25, -0.2) is 4.79 Å². The zero-order valence-electron chi connectivity index (χ0n) is 12.6. The number of urea groups is 1. The highest BCUT2D eigenvalue weighted by atomic mass is 16.5. The third-order valence-corrected chi connectivity index (χ3v) is 2.85. The van der Waals surface area contributed by atoms with Gasteiger partial charge in [0, 0.05) is 24.7 Å². The monoisotopic (exact) mass is 295 g/mol. The van der Waals surface area contributed by atoms with E-state index in [1.807, 2.05) is 6.92 Å². The SMILES string of the molecule is CNC(=O)NC(=O)C(C)Oc1cc(OC)ccc1C(C)N. The first-order valence-corrected chi connectivity index (χ1v) is 6.51. The minimum Gasteiger partial charge on any atom is -0.497 e. The minimum atomic E-state index is -0.855. The maximum atomic E-state index is 11.8. The quantitative estimate of drug-likeness (QED) is 0.750. The van der Waals surface area contributed by atoms with Crippen LogP contribution in [0.4, 0.5) is 4.79 Å². The Balaban J connectivity index is 2.89. The van der Waals surface area contributed by atoms with Crippen molar-refractivity contribution in [3.05, 3.63) is 23.8 Å². The van der Waals surface area contributed by atoms with Crippen molar-refractivity contribution >= 4 is 11.9 Å². The molecular formula is C14H21N3O4. The molecule has 1 aromatic carbocycles. The standard InChI is InChI=1S/C14H21N3O4/c1-8(15)11-6-5-10(20-4)7-12(11)21-9(2)13(18)17-14(19)16-3/h5-9H,15H2,1-4H3,(H2,16,17,18,19). The first-order valence-electron chi connectivity index (χ1n) is 6.51. The zero-order valence-corrected chi connectivity index (χ0v) is 12.6. The van der Waals surface area contributed by atoms with E-state index in [-0.39, 0.29) is 6.04 Å². The van der Waals surface area contributed by atoms with Gasteiger partial charge in [-0.3, -0.25) is 10.1 Å². The lowest BCUT2D eigenvalue weighted by molar-refractivity contribution is -0.126. The topological polar surface area (TPSA) is 103 Å². The van der Waals surface area contributed by atoms with Crippen molar-refractivity contribution in [2.75, 3.05) is 14.2 Å². The van der Waals surface area contributed by atoms with Crippen molar-refractivity contribution in [2.45, 2.75) is 26.0 Å². The van der Waals surface area contributed by atoms with Crippen LogP contribution in [0.5, 0.6) is 11.5 Å².